The second kappa shape index (κ2) is 7.04. The molecule has 0 radical (unpaired) electrons. The molecule has 1 amide bonds. The van der Waals surface area contributed by atoms with Gasteiger partial charge in [-0.15, -0.1) is 0 Å². The average molecular weight is 293 g/mol. The molecule has 0 spiro atoms. The standard InChI is InChI=1S/C15H27N5O/c1-10-15(11(2)19-18-10)17-14(21)9-20(4)13-7-5-12(16-3)6-8-13/h12-13,16H,5-9H2,1-4H3,(H,17,21)(H,18,19). The summed E-state index contributed by atoms with van der Waals surface area (Å²) >= 11 is 0. The number of carbonyl (C=O) groups excluding carboxylic acids is 1. The van der Waals surface area contributed by atoms with Crippen molar-refractivity contribution in [3.63, 3.8) is 0 Å². The first-order chi connectivity index (χ1) is 10.0. The molecule has 2 rings (SSSR count). The van der Waals surface area contributed by atoms with Crippen molar-refractivity contribution in [2.24, 2.45) is 0 Å². The predicted octanol–water partition coefficient (Wildman–Crippen LogP) is 1.43. The minimum absolute atomic E-state index is 0.0286. The number of aromatic nitrogens is 2. The Bertz CT molecular complexity index is 457. The number of aromatic amines is 1. The van der Waals surface area contributed by atoms with E-state index in [1.165, 1.54) is 12.8 Å². The van der Waals surface area contributed by atoms with Crippen molar-refractivity contribution in [2.45, 2.75) is 51.6 Å². The van der Waals surface area contributed by atoms with E-state index in [1.54, 1.807) is 0 Å². The molecule has 0 aromatic carbocycles. The van der Waals surface area contributed by atoms with Gasteiger partial charge in [0, 0.05) is 12.1 Å². The highest BCUT2D eigenvalue weighted by molar-refractivity contribution is 5.93. The number of carbonyl (C=O) groups is 1. The molecule has 0 bridgehead atoms. The van der Waals surface area contributed by atoms with E-state index in [1.807, 2.05) is 27.9 Å². The molecule has 1 aromatic rings. The van der Waals surface area contributed by atoms with Gasteiger partial charge in [-0.3, -0.25) is 14.8 Å². The number of likely N-dealkylation sites (N-methyl/N-ethyl adjacent to an activating group) is 1. The van der Waals surface area contributed by atoms with Crippen molar-refractivity contribution in [3.05, 3.63) is 11.4 Å². The number of anilines is 1. The molecule has 1 heterocycles. The molecular weight excluding hydrogens is 266 g/mol. The number of H-pyrrole nitrogens is 1. The lowest BCUT2D eigenvalue weighted by atomic mass is 9.90. The maximum atomic E-state index is 12.2. The predicted molar refractivity (Wildman–Crippen MR) is 84.4 cm³/mol. The Balaban J connectivity index is 1.82. The Morgan fingerprint density at radius 3 is 2.52 bits per heavy atom. The van der Waals surface area contributed by atoms with Gasteiger partial charge in [0.1, 0.15) is 0 Å². The molecule has 1 aliphatic carbocycles. The van der Waals surface area contributed by atoms with Gasteiger partial charge >= 0.3 is 0 Å². The van der Waals surface area contributed by atoms with E-state index in [0.717, 1.165) is 29.9 Å². The Kier molecular flexibility index (Phi) is 5.36. The van der Waals surface area contributed by atoms with Crippen LogP contribution in [0.25, 0.3) is 0 Å². The van der Waals surface area contributed by atoms with E-state index in [9.17, 15) is 4.79 Å². The lowest BCUT2D eigenvalue weighted by molar-refractivity contribution is -0.117. The maximum Gasteiger partial charge on any atom is 0.238 e. The van der Waals surface area contributed by atoms with Gasteiger partial charge in [0.05, 0.1) is 23.6 Å². The number of nitrogens with zero attached hydrogens (tertiary/aromatic N) is 2. The molecule has 0 unspecified atom stereocenters. The van der Waals surface area contributed by atoms with Crippen LogP contribution < -0.4 is 10.6 Å². The van der Waals surface area contributed by atoms with E-state index in [0.29, 0.717) is 18.6 Å². The summed E-state index contributed by atoms with van der Waals surface area (Å²) in [7, 11) is 4.07. The fourth-order valence-corrected chi connectivity index (χ4v) is 3.07. The third-order valence-corrected chi connectivity index (χ3v) is 4.51. The van der Waals surface area contributed by atoms with E-state index < -0.39 is 0 Å². The first-order valence-corrected chi connectivity index (χ1v) is 7.70. The Morgan fingerprint density at radius 1 is 1.33 bits per heavy atom. The first-order valence-electron chi connectivity index (χ1n) is 7.70. The Labute approximate surface area is 126 Å². The van der Waals surface area contributed by atoms with Crippen LogP contribution in [0.15, 0.2) is 0 Å². The SMILES string of the molecule is CNC1CCC(N(C)CC(=O)Nc2c(C)n[nH]c2C)CC1. The molecule has 1 aliphatic rings. The highest BCUT2D eigenvalue weighted by atomic mass is 16.2. The second-order valence-corrected chi connectivity index (χ2v) is 6.07. The topological polar surface area (TPSA) is 73.1 Å². The summed E-state index contributed by atoms with van der Waals surface area (Å²) in [5.41, 5.74) is 2.54. The molecular formula is C15H27N5O. The fourth-order valence-electron chi connectivity index (χ4n) is 3.07. The molecule has 6 nitrogen and oxygen atoms in total. The van der Waals surface area contributed by atoms with Crippen LogP contribution in [0.3, 0.4) is 0 Å². The van der Waals surface area contributed by atoms with Gasteiger partial charge in [0.2, 0.25) is 5.91 Å². The van der Waals surface area contributed by atoms with Crippen molar-refractivity contribution in [2.75, 3.05) is 26.0 Å². The van der Waals surface area contributed by atoms with Crippen LogP contribution in [0.5, 0.6) is 0 Å². The molecule has 0 aliphatic heterocycles. The van der Waals surface area contributed by atoms with Gasteiger partial charge in [0.15, 0.2) is 0 Å². The fraction of sp³-hybridized carbons (Fsp3) is 0.733. The number of hydrogen-bond acceptors (Lipinski definition) is 4. The summed E-state index contributed by atoms with van der Waals surface area (Å²) in [5.74, 6) is 0.0286. The van der Waals surface area contributed by atoms with Gasteiger partial charge in [-0.05, 0) is 53.6 Å². The van der Waals surface area contributed by atoms with Crippen LogP contribution in [0, 0.1) is 13.8 Å². The molecule has 0 atom stereocenters. The van der Waals surface area contributed by atoms with Gasteiger partial charge in [0.25, 0.3) is 0 Å². The summed E-state index contributed by atoms with van der Waals surface area (Å²) in [6, 6.07) is 1.14. The number of aryl methyl sites for hydroxylation is 2. The largest absolute Gasteiger partial charge is 0.322 e. The number of rotatable bonds is 5. The van der Waals surface area contributed by atoms with Gasteiger partial charge in [-0.1, -0.05) is 0 Å². The Hall–Kier alpha value is -1.40. The minimum Gasteiger partial charge on any atom is -0.322 e. The van der Waals surface area contributed by atoms with E-state index in [4.69, 9.17) is 0 Å². The highest BCUT2D eigenvalue weighted by Gasteiger charge is 2.24. The molecule has 0 saturated heterocycles. The van der Waals surface area contributed by atoms with Crippen molar-refractivity contribution in [1.29, 1.82) is 0 Å². The van der Waals surface area contributed by atoms with Crippen molar-refractivity contribution < 1.29 is 4.79 Å². The zero-order chi connectivity index (χ0) is 15.4. The van der Waals surface area contributed by atoms with E-state index in [-0.39, 0.29) is 5.91 Å². The number of hydrogen-bond donors (Lipinski definition) is 3. The van der Waals surface area contributed by atoms with Gasteiger partial charge < -0.3 is 10.6 Å². The van der Waals surface area contributed by atoms with Gasteiger partial charge in [-0.25, -0.2) is 0 Å². The van der Waals surface area contributed by atoms with Crippen LogP contribution in [-0.4, -0.2) is 53.7 Å². The quantitative estimate of drug-likeness (QED) is 0.768. The van der Waals surface area contributed by atoms with Crippen LogP contribution >= 0.6 is 0 Å². The number of nitrogens with one attached hydrogen (secondary N) is 3. The zero-order valence-electron chi connectivity index (χ0n) is 13.5. The molecule has 1 aromatic heterocycles. The molecule has 118 valence electrons. The lowest BCUT2D eigenvalue weighted by Crippen LogP contribution is -2.42. The van der Waals surface area contributed by atoms with Crippen molar-refractivity contribution >= 4 is 11.6 Å². The van der Waals surface area contributed by atoms with Crippen LogP contribution in [-0.2, 0) is 4.79 Å². The summed E-state index contributed by atoms with van der Waals surface area (Å²) in [6.07, 6.45) is 4.68. The Morgan fingerprint density at radius 2 is 2.00 bits per heavy atom. The molecule has 21 heavy (non-hydrogen) atoms. The van der Waals surface area contributed by atoms with Crippen LogP contribution in [0.2, 0.25) is 0 Å². The molecule has 3 N–H and O–H groups in total. The monoisotopic (exact) mass is 293 g/mol. The second-order valence-electron chi connectivity index (χ2n) is 6.07. The lowest BCUT2D eigenvalue weighted by Gasteiger charge is -2.34. The van der Waals surface area contributed by atoms with Crippen LogP contribution in [0.4, 0.5) is 5.69 Å². The first kappa shape index (κ1) is 16.0. The third-order valence-electron chi connectivity index (χ3n) is 4.51. The smallest absolute Gasteiger partial charge is 0.238 e. The van der Waals surface area contributed by atoms with E-state index >= 15 is 0 Å². The summed E-state index contributed by atoms with van der Waals surface area (Å²) < 4.78 is 0. The summed E-state index contributed by atoms with van der Waals surface area (Å²) in [6.45, 7) is 4.24. The normalized spacial score (nSPS) is 22.5. The molecule has 1 saturated carbocycles. The average Bonchev–Trinajstić information content (AvgIpc) is 2.79. The van der Waals surface area contributed by atoms with Gasteiger partial charge in [-0.2, -0.15) is 5.10 Å². The number of amides is 1. The van der Waals surface area contributed by atoms with Crippen molar-refractivity contribution in [1.82, 2.24) is 20.4 Å². The minimum atomic E-state index is 0.0286. The van der Waals surface area contributed by atoms with E-state index in [2.05, 4.69) is 25.7 Å². The molecule has 6 heteroatoms. The zero-order valence-corrected chi connectivity index (χ0v) is 13.5. The molecule has 1 fully saturated rings. The summed E-state index contributed by atoms with van der Waals surface area (Å²) in [5, 5.41) is 13.3. The van der Waals surface area contributed by atoms with Crippen LogP contribution in [0.1, 0.15) is 37.1 Å². The third kappa shape index (κ3) is 4.04. The summed E-state index contributed by atoms with van der Waals surface area (Å²) in [4.78, 5) is 14.4. The maximum absolute atomic E-state index is 12.2. The highest BCUT2D eigenvalue weighted by Crippen LogP contribution is 2.22. The van der Waals surface area contributed by atoms with Crippen molar-refractivity contribution in [3.8, 4) is 0 Å².